The van der Waals surface area contributed by atoms with Crippen molar-refractivity contribution in [2.24, 2.45) is 0 Å². The van der Waals surface area contributed by atoms with Gasteiger partial charge in [0.1, 0.15) is 28.7 Å². The molecule has 2 aromatic heterocycles. The number of carbonyl (C=O) groups is 1. The van der Waals surface area contributed by atoms with Gasteiger partial charge in [-0.3, -0.25) is 9.20 Å². The van der Waals surface area contributed by atoms with Crippen LogP contribution in [0.5, 0.6) is 11.5 Å². The SMILES string of the molecule is COc1ccc(-c2nc3ccccn3c2NC(=O)c2cccc(OC)c2)cc1. The molecular formula is C22H19N3O3. The summed E-state index contributed by atoms with van der Waals surface area (Å²) in [4.78, 5) is 17.6. The molecule has 0 spiro atoms. The zero-order valence-corrected chi connectivity index (χ0v) is 15.5. The molecule has 0 atom stereocenters. The van der Waals surface area contributed by atoms with Crippen LogP contribution in [0.2, 0.25) is 0 Å². The van der Waals surface area contributed by atoms with Crippen molar-refractivity contribution in [2.45, 2.75) is 0 Å². The monoisotopic (exact) mass is 373 g/mol. The second-order valence-electron chi connectivity index (χ2n) is 6.15. The van der Waals surface area contributed by atoms with E-state index in [-0.39, 0.29) is 5.91 Å². The average molecular weight is 373 g/mol. The van der Waals surface area contributed by atoms with Crippen LogP contribution in [0.3, 0.4) is 0 Å². The van der Waals surface area contributed by atoms with Crippen LogP contribution >= 0.6 is 0 Å². The predicted octanol–water partition coefficient (Wildman–Crippen LogP) is 4.27. The van der Waals surface area contributed by atoms with Crippen LogP contribution in [0.25, 0.3) is 16.9 Å². The number of nitrogens with one attached hydrogen (secondary N) is 1. The van der Waals surface area contributed by atoms with Gasteiger partial charge in [0.15, 0.2) is 0 Å². The van der Waals surface area contributed by atoms with E-state index in [9.17, 15) is 4.79 Å². The number of amides is 1. The summed E-state index contributed by atoms with van der Waals surface area (Å²) in [5.41, 5.74) is 2.82. The molecular weight excluding hydrogens is 354 g/mol. The Morgan fingerprint density at radius 1 is 0.929 bits per heavy atom. The van der Waals surface area contributed by atoms with Gasteiger partial charge in [-0.2, -0.15) is 0 Å². The molecule has 2 heterocycles. The topological polar surface area (TPSA) is 64.9 Å². The third-order valence-corrected chi connectivity index (χ3v) is 4.46. The van der Waals surface area contributed by atoms with E-state index < -0.39 is 0 Å². The second kappa shape index (κ2) is 7.44. The third kappa shape index (κ3) is 3.27. The van der Waals surface area contributed by atoms with Crippen LogP contribution in [0, 0.1) is 0 Å². The van der Waals surface area contributed by atoms with Crippen LogP contribution in [0.15, 0.2) is 72.9 Å². The van der Waals surface area contributed by atoms with Crippen molar-refractivity contribution in [3.8, 4) is 22.8 Å². The molecule has 0 aliphatic heterocycles. The lowest BCUT2D eigenvalue weighted by atomic mass is 10.1. The van der Waals surface area contributed by atoms with Crippen molar-refractivity contribution >= 4 is 17.4 Å². The number of hydrogen-bond acceptors (Lipinski definition) is 4. The summed E-state index contributed by atoms with van der Waals surface area (Å²) < 4.78 is 12.3. The van der Waals surface area contributed by atoms with Crippen molar-refractivity contribution in [2.75, 3.05) is 19.5 Å². The van der Waals surface area contributed by atoms with Gasteiger partial charge in [-0.15, -0.1) is 0 Å². The normalized spacial score (nSPS) is 10.6. The number of carbonyl (C=O) groups excluding carboxylic acids is 1. The summed E-state index contributed by atoms with van der Waals surface area (Å²) >= 11 is 0. The number of methoxy groups -OCH3 is 2. The van der Waals surface area contributed by atoms with Crippen LogP contribution in [0.4, 0.5) is 5.82 Å². The molecule has 1 N–H and O–H groups in total. The number of fused-ring (bicyclic) bond motifs is 1. The first-order valence-corrected chi connectivity index (χ1v) is 8.76. The molecule has 0 bridgehead atoms. The number of hydrogen-bond donors (Lipinski definition) is 1. The van der Waals surface area contributed by atoms with Gasteiger partial charge >= 0.3 is 0 Å². The molecule has 4 aromatic rings. The minimum Gasteiger partial charge on any atom is -0.497 e. The number of nitrogens with zero attached hydrogens (tertiary/aromatic N) is 2. The summed E-state index contributed by atoms with van der Waals surface area (Å²) in [7, 11) is 3.20. The lowest BCUT2D eigenvalue weighted by Gasteiger charge is -2.09. The zero-order valence-electron chi connectivity index (χ0n) is 15.5. The fraction of sp³-hybridized carbons (Fsp3) is 0.0909. The average Bonchev–Trinajstić information content (AvgIpc) is 3.12. The number of imidazole rings is 1. The lowest BCUT2D eigenvalue weighted by molar-refractivity contribution is 0.102. The quantitative estimate of drug-likeness (QED) is 0.567. The second-order valence-corrected chi connectivity index (χ2v) is 6.15. The van der Waals surface area contributed by atoms with Crippen LogP contribution in [0.1, 0.15) is 10.4 Å². The van der Waals surface area contributed by atoms with E-state index in [0.717, 1.165) is 17.0 Å². The minimum atomic E-state index is -0.237. The molecule has 2 aromatic carbocycles. The summed E-state index contributed by atoms with van der Waals surface area (Å²) in [6, 6.07) is 20.3. The lowest BCUT2D eigenvalue weighted by Crippen LogP contribution is -2.14. The molecule has 6 nitrogen and oxygen atoms in total. The van der Waals surface area contributed by atoms with Crippen molar-refractivity contribution in [3.05, 3.63) is 78.5 Å². The van der Waals surface area contributed by atoms with E-state index in [1.807, 2.05) is 53.1 Å². The van der Waals surface area contributed by atoms with Crippen LogP contribution < -0.4 is 14.8 Å². The maximum absolute atomic E-state index is 12.9. The molecule has 0 radical (unpaired) electrons. The van der Waals surface area contributed by atoms with Crippen LogP contribution in [-0.4, -0.2) is 29.5 Å². The summed E-state index contributed by atoms with van der Waals surface area (Å²) in [6.07, 6.45) is 1.87. The van der Waals surface area contributed by atoms with E-state index >= 15 is 0 Å². The van der Waals surface area contributed by atoms with Crippen LogP contribution in [-0.2, 0) is 0 Å². The van der Waals surface area contributed by atoms with Gasteiger partial charge in [0.2, 0.25) is 0 Å². The van der Waals surface area contributed by atoms with Gasteiger partial charge in [0.05, 0.1) is 14.2 Å². The molecule has 1 amide bonds. The molecule has 4 rings (SSSR count). The highest BCUT2D eigenvalue weighted by Crippen LogP contribution is 2.30. The Balaban J connectivity index is 1.77. The summed E-state index contributed by atoms with van der Waals surface area (Å²) in [5.74, 6) is 1.75. The van der Waals surface area contributed by atoms with Gasteiger partial charge in [-0.1, -0.05) is 12.1 Å². The van der Waals surface area contributed by atoms with E-state index in [1.165, 1.54) is 0 Å². The first kappa shape index (κ1) is 17.6. The molecule has 0 saturated heterocycles. The molecule has 140 valence electrons. The molecule has 28 heavy (non-hydrogen) atoms. The molecule has 0 unspecified atom stereocenters. The van der Waals surface area contributed by atoms with Gasteiger partial charge in [0, 0.05) is 17.3 Å². The van der Waals surface area contributed by atoms with E-state index in [4.69, 9.17) is 14.5 Å². The highest BCUT2D eigenvalue weighted by Gasteiger charge is 2.17. The Labute approximate surface area is 162 Å². The predicted molar refractivity (Wildman–Crippen MR) is 108 cm³/mol. The Hall–Kier alpha value is -3.80. The number of aromatic nitrogens is 2. The molecule has 0 fully saturated rings. The number of ether oxygens (including phenoxy) is 2. The van der Waals surface area contributed by atoms with Crippen molar-refractivity contribution < 1.29 is 14.3 Å². The zero-order chi connectivity index (χ0) is 19.5. The molecule has 6 heteroatoms. The van der Waals surface area contributed by atoms with Gasteiger partial charge < -0.3 is 14.8 Å². The maximum Gasteiger partial charge on any atom is 0.256 e. The van der Waals surface area contributed by atoms with Crippen molar-refractivity contribution in [3.63, 3.8) is 0 Å². The standard InChI is InChI=1S/C22H19N3O3/c1-27-17-11-9-15(10-12-17)20-21(25-13-4-3-8-19(25)23-20)24-22(26)16-6-5-7-18(14-16)28-2/h3-14H,1-2H3,(H,24,26). The molecule has 0 aliphatic carbocycles. The van der Waals surface area contributed by atoms with Crippen molar-refractivity contribution in [1.29, 1.82) is 0 Å². The smallest absolute Gasteiger partial charge is 0.256 e. The largest absolute Gasteiger partial charge is 0.497 e. The Morgan fingerprint density at radius 3 is 2.46 bits per heavy atom. The van der Waals surface area contributed by atoms with E-state index in [2.05, 4.69) is 5.32 Å². The highest BCUT2D eigenvalue weighted by atomic mass is 16.5. The summed E-state index contributed by atoms with van der Waals surface area (Å²) in [6.45, 7) is 0. The first-order chi connectivity index (χ1) is 13.7. The first-order valence-electron chi connectivity index (χ1n) is 8.76. The van der Waals surface area contributed by atoms with E-state index in [0.29, 0.717) is 22.8 Å². The Bertz CT molecular complexity index is 1130. The van der Waals surface area contributed by atoms with Gasteiger partial charge in [-0.25, -0.2) is 4.98 Å². The number of pyridine rings is 1. The number of rotatable bonds is 5. The van der Waals surface area contributed by atoms with Gasteiger partial charge in [0.25, 0.3) is 5.91 Å². The maximum atomic E-state index is 12.9. The van der Waals surface area contributed by atoms with Gasteiger partial charge in [-0.05, 0) is 54.6 Å². The minimum absolute atomic E-state index is 0.237. The molecule has 0 aliphatic rings. The number of anilines is 1. The third-order valence-electron chi connectivity index (χ3n) is 4.46. The number of benzene rings is 2. The van der Waals surface area contributed by atoms with E-state index in [1.54, 1.807) is 38.5 Å². The Kier molecular flexibility index (Phi) is 4.68. The van der Waals surface area contributed by atoms with Crippen molar-refractivity contribution in [1.82, 2.24) is 9.38 Å². The fourth-order valence-electron chi connectivity index (χ4n) is 3.01. The Morgan fingerprint density at radius 2 is 1.71 bits per heavy atom. The summed E-state index contributed by atoms with van der Waals surface area (Å²) in [5, 5.41) is 3.00. The fourth-order valence-corrected chi connectivity index (χ4v) is 3.01. The molecule has 0 saturated carbocycles. The highest BCUT2D eigenvalue weighted by molar-refractivity contribution is 6.06.